The molecule has 1 atom stereocenters. The van der Waals surface area contributed by atoms with Gasteiger partial charge >= 0.3 is 0 Å². The topological polar surface area (TPSA) is 86.4 Å². The molecule has 0 fully saturated rings. The van der Waals surface area contributed by atoms with Gasteiger partial charge in [-0.2, -0.15) is 0 Å². The number of aliphatic carboxylic acids is 1. The van der Waals surface area contributed by atoms with Crippen LogP contribution >= 0.6 is 0 Å². The van der Waals surface area contributed by atoms with Crippen molar-refractivity contribution in [3.05, 3.63) is 0 Å². The average molecular weight is 107 g/mol. The van der Waals surface area contributed by atoms with Gasteiger partial charge in [0.2, 0.25) is 1.43 Å². The summed E-state index contributed by atoms with van der Waals surface area (Å²) < 4.78 is 19.1. The largest absolute Gasteiger partial charge is 0.548 e. The van der Waals surface area contributed by atoms with Crippen LogP contribution in [0.25, 0.3) is 0 Å². The zero-order valence-corrected chi connectivity index (χ0v) is 3.46. The van der Waals surface area contributed by atoms with Gasteiger partial charge in [0.05, 0.1) is 18.6 Å². The molecular weight excluding hydrogens is 98.0 g/mol. The van der Waals surface area contributed by atoms with Crippen LogP contribution in [0.15, 0.2) is 0 Å². The van der Waals surface area contributed by atoms with Crippen molar-refractivity contribution in [1.29, 1.82) is 1.43 Å². The number of carbonyl (C=O) groups excluding carboxylic acids is 1. The van der Waals surface area contributed by atoms with Crippen molar-refractivity contribution in [3.63, 3.8) is 0 Å². The van der Waals surface area contributed by atoms with Crippen LogP contribution in [0, 0.1) is 0 Å². The Morgan fingerprint density at radius 2 is 3.14 bits per heavy atom. The molecule has 4 nitrogen and oxygen atoms in total. The van der Waals surface area contributed by atoms with Gasteiger partial charge in [0.1, 0.15) is 2.82 Å². The van der Waals surface area contributed by atoms with Crippen molar-refractivity contribution < 1.29 is 17.8 Å². The SMILES string of the molecule is [2H]OCC(C(=O)[O-])N([2H])[2H]. The monoisotopic (exact) mass is 107 g/mol. The number of carboxylic acid groups (broad SMARTS) is 1. The highest BCUT2D eigenvalue weighted by molar-refractivity contribution is 5.70. The quantitative estimate of drug-likeness (QED) is 0.402. The number of aliphatic hydroxyl groups excluding tert-OH is 1. The van der Waals surface area contributed by atoms with E-state index < -0.39 is 18.6 Å². The molecule has 0 rings (SSSR count). The van der Waals surface area contributed by atoms with Crippen molar-refractivity contribution in [2.24, 2.45) is 5.72 Å². The maximum Gasteiger partial charge on any atom is 0.210 e. The summed E-state index contributed by atoms with van der Waals surface area (Å²) in [5.74, 6) is -1.60. The maximum atomic E-state index is 9.97. The molecule has 0 saturated carbocycles. The highest BCUT2D eigenvalue weighted by atomic mass is 16.4. The summed E-state index contributed by atoms with van der Waals surface area (Å²) in [6.45, 7) is -0.546. The second-order valence-corrected chi connectivity index (χ2v) is 1.00. The lowest BCUT2D eigenvalue weighted by Gasteiger charge is -2.06. The van der Waals surface area contributed by atoms with Crippen molar-refractivity contribution in [1.82, 2.24) is 0 Å². The minimum atomic E-state index is -1.60. The molecule has 0 spiro atoms. The van der Waals surface area contributed by atoms with E-state index in [1.54, 1.807) is 0 Å². The number of rotatable bonds is 4. The van der Waals surface area contributed by atoms with Crippen molar-refractivity contribution >= 4 is 5.97 Å². The Morgan fingerprint density at radius 3 is 3.29 bits per heavy atom. The van der Waals surface area contributed by atoms with Crippen LogP contribution in [0.4, 0.5) is 0 Å². The molecule has 42 valence electrons. The van der Waals surface area contributed by atoms with Gasteiger partial charge in [-0.05, 0) is 0 Å². The molecule has 0 aromatic carbocycles. The van der Waals surface area contributed by atoms with Crippen molar-refractivity contribution in [2.75, 3.05) is 6.61 Å². The van der Waals surface area contributed by atoms with Crippen LogP contribution < -0.4 is 10.8 Å². The van der Waals surface area contributed by atoms with E-state index in [1.807, 2.05) is 0 Å². The highest BCUT2D eigenvalue weighted by Crippen LogP contribution is 1.66. The molecule has 0 bridgehead atoms. The number of carbonyl (C=O) groups is 1. The van der Waals surface area contributed by atoms with Gasteiger partial charge in [0, 0.05) is 0 Å². The summed E-state index contributed by atoms with van der Waals surface area (Å²) >= 11 is 0. The third-order valence-electron chi connectivity index (χ3n) is 0.430. The summed E-state index contributed by atoms with van der Waals surface area (Å²) in [5, 5.41) is 13.6. The van der Waals surface area contributed by atoms with E-state index in [1.165, 1.54) is 0 Å². The number of hydrogen-bond donors (Lipinski definition) is 2. The molecule has 0 radical (unpaired) electrons. The van der Waals surface area contributed by atoms with E-state index in [9.17, 15) is 9.90 Å². The molecule has 4 heteroatoms. The molecule has 0 amide bonds. The predicted octanol–water partition coefficient (Wildman–Crippen LogP) is -2.94. The van der Waals surface area contributed by atoms with Gasteiger partial charge in [-0.1, -0.05) is 0 Å². The van der Waals surface area contributed by atoms with Crippen LogP contribution in [0.3, 0.4) is 0 Å². The van der Waals surface area contributed by atoms with Crippen molar-refractivity contribution in [3.8, 4) is 0 Å². The van der Waals surface area contributed by atoms with E-state index in [0.717, 1.165) is 0 Å². The van der Waals surface area contributed by atoms with Crippen LogP contribution in [0.5, 0.6) is 0 Å². The molecule has 0 aromatic heterocycles. The fourth-order valence-electron chi connectivity index (χ4n) is 0.0680. The first-order valence-electron chi connectivity index (χ1n) is 2.95. The molecule has 0 aliphatic heterocycles. The first-order valence-corrected chi connectivity index (χ1v) is 1.65. The van der Waals surface area contributed by atoms with E-state index in [0.29, 0.717) is 0 Å². The highest BCUT2D eigenvalue weighted by Gasteiger charge is 1.96. The Balaban J connectivity index is 3.85. The molecule has 1 unspecified atom stereocenters. The second-order valence-electron chi connectivity index (χ2n) is 1.00. The van der Waals surface area contributed by atoms with Crippen molar-refractivity contribution in [2.45, 2.75) is 6.04 Å². The van der Waals surface area contributed by atoms with Crippen LogP contribution in [-0.2, 0) is 4.79 Å². The Kier molecular flexibility index (Phi) is 0.958. The lowest BCUT2D eigenvalue weighted by molar-refractivity contribution is -0.308. The summed E-state index contributed by atoms with van der Waals surface area (Å²) in [6, 6.07) is -1.50. The Bertz CT molecular complexity index is 120. The minimum Gasteiger partial charge on any atom is -0.548 e. The van der Waals surface area contributed by atoms with Crippen LogP contribution in [-0.4, -0.2) is 25.2 Å². The van der Waals surface area contributed by atoms with Crippen LogP contribution in [0.2, 0.25) is 2.82 Å². The number of carboxylic acids is 1. The van der Waals surface area contributed by atoms with Gasteiger partial charge < -0.3 is 20.7 Å². The zero-order valence-electron chi connectivity index (χ0n) is 6.46. The lowest BCUT2D eigenvalue weighted by Crippen LogP contribution is -2.44. The first-order chi connectivity index (χ1) is 4.59. The van der Waals surface area contributed by atoms with E-state index in [4.69, 9.17) is 4.25 Å². The number of aliphatic hydroxyl groups is 1. The number of hydrogen-bond acceptors (Lipinski definition) is 4. The van der Waals surface area contributed by atoms with Gasteiger partial charge in [-0.15, -0.1) is 0 Å². The normalized spacial score (nSPS) is 19.9. The molecule has 0 aliphatic rings. The van der Waals surface area contributed by atoms with Gasteiger partial charge in [0.15, 0.2) is 0 Å². The smallest absolute Gasteiger partial charge is 0.210 e. The average Bonchev–Trinajstić information content (AvgIpc) is 1.81. The molecule has 0 aromatic rings. The van der Waals surface area contributed by atoms with Gasteiger partial charge in [-0.3, -0.25) is 0 Å². The minimum absolute atomic E-state index is 0.0795. The molecule has 7 heavy (non-hydrogen) atoms. The van der Waals surface area contributed by atoms with E-state index in [-0.39, 0.29) is 5.72 Å². The zero-order chi connectivity index (χ0) is 8.15. The molecule has 0 heterocycles. The van der Waals surface area contributed by atoms with Crippen LogP contribution in [0.1, 0.15) is 0 Å². The third kappa shape index (κ3) is 2.13. The van der Waals surface area contributed by atoms with E-state index >= 15 is 0 Å². The lowest BCUT2D eigenvalue weighted by atomic mass is 10.3. The fraction of sp³-hybridized carbons (Fsp3) is 0.667. The first kappa shape index (κ1) is 2.64. The summed E-state index contributed by atoms with van der Waals surface area (Å²) in [6.07, 6.45) is 0. The summed E-state index contributed by atoms with van der Waals surface area (Å²) in [5.41, 5.74) is -0.0795. The Labute approximate surface area is 45.0 Å². The predicted molar refractivity (Wildman–Crippen MR) is 20.1 cm³/mol. The van der Waals surface area contributed by atoms with E-state index in [2.05, 4.69) is 5.11 Å². The standard InChI is InChI=1S/C3H7NO3/c4-2(1-5)3(6)7/h2,5H,1,4H2,(H,6,7)/p-1/i5D/hD2. The molecule has 3 N–H and O–H groups in total. The molecular formula is C3H6NO3-. The molecule has 0 aliphatic carbocycles. The third-order valence-corrected chi connectivity index (χ3v) is 0.430. The summed E-state index contributed by atoms with van der Waals surface area (Å²) in [7, 11) is 0. The summed E-state index contributed by atoms with van der Waals surface area (Å²) in [4.78, 5) is 9.97. The number of nitrogens with two attached hydrogens (primary N) is 1. The second kappa shape index (κ2) is 2.54. The fourth-order valence-corrected chi connectivity index (χ4v) is 0.0680. The Morgan fingerprint density at radius 1 is 2.43 bits per heavy atom. The van der Waals surface area contributed by atoms with Gasteiger partial charge in [0.25, 0.3) is 0 Å². The van der Waals surface area contributed by atoms with Gasteiger partial charge in [-0.25, -0.2) is 0 Å². The molecule has 0 saturated heterocycles. The Hall–Kier alpha value is -0.610. The maximum absolute atomic E-state index is 9.97.